The number of amides is 2. The van der Waals surface area contributed by atoms with Gasteiger partial charge < -0.3 is 15.6 Å². The number of hydrogen-bond acceptors (Lipinski definition) is 5. The number of hydrogen-bond donors (Lipinski definition) is 3. The fraction of sp³-hybridized carbons (Fsp3) is 0.143. The number of anilines is 2. The fourth-order valence-corrected chi connectivity index (χ4v) is 4.01. The van der Waals surface area contributed by atoms with Gasteiger partial charge in [0.15, 0.2) is 5.16 Å². The van der Waals surface area contributed by atoms with E-state index in [1.165, 1.54) is 30.3 Å². The summed E-state index contributed by atoms with van der Waals surface area (Å²) < 4.78 is 26.9. The molecule has 2 heterocycles. The molecule has 0 unspecified atom stereocenters. The first-order chi connectivity index (χ1) is 14.9. The van der Waals surface area contributed by atoms with Gasteiger partial charge in [-0.3, -0.25) is 14.4 Å². The average Bonchev–Trinajstić information content (AvgIpc) is 2.74. The molecule has 2 aromatic carbocycles. The van der Waals surface area contributed by atoms with E-state index < -0.39 is 29.1 Å². The van der Waals surface area contributed by atoms with Crippen LogP contribution in [0, 0.1) is 11.6 Å². The van der Waals surface area contributed by atoms with E-state index in [-0.39, 0.29) is 34.5 Å². The molecule has 0 radical (unpaired) electrons. The van der Waals surface area contributed by atoms with Crippen LogP contribution in [0.25, 0.3) is 0 Å². The molecule has 31 heavy (non-hydrogen) atoms. The van der Waals surface area contributed by atoms with Crippen LogP contribution in [0.4, 0.5) is 20.3 Å². The van der Waals surface area contributed by atoms with Crippen molar-refractivity contribution in [2.45, 2.75) is 23.2 Å². The topological polar surface area (TPSA) is 104 Å². The third-order valence-electron chi connectivity index (χ3n) is 4.68. The zero-order valence-corrected chi connectivity index (χ0v) is 16.8. The van der Waals surface area contributed by atoms with Crippen molar-refractivity contribution < 1.29 is 18.4 Å². The summed E-state index contributed by atoms with van der Waals surface area (Å²) in [5, 5.41) is 5.29. The third-order valence-corrected chi connectivity index (χ3v) is 5.60. The van der Waals surface area contributed by atoms with Crippen LogP contribution < -0.4 is 16.2 Å². The number of carbonyl (C=O) groups is 2. The Morgan fingerprint density at radius 2 is 1.87 bits per heavy atom. The Morgan fingerprint density at radius 3 is 2.61 bits per heavy atom. The van der Waals surface area contributed by atoms with E-state index in [4.69, 9.17) is 0 Å². The normalized spacial score (nSPS) is 15.2. The van der Waals surface area contributed by atoms with Crippen molar-refractivity contribution in [3.05, 3.63) is 81.6 Å². The van der Waals surface area contributed by atoms with Gasteiger partial charge in [0, 0.05) is 17.9 Å². The number of rotatable bonds is 5. The second-order valence-electron chi connectivity index (χ2n) is 6.81. The van der Waals surface area contributed by atoms with E-state index >= 15 is 0 Å². The summed E-state index contributed by atoms with van der Waals surface area (Å²) in [4.78, 5) is 44.4. The number of H-pyrrole nitrogens is 1. The Kier molecular flexibility index (Phi) is 5.81. The van der Waals surface area contributed by atoms with Crippen LogP contribution in [-0.4, -0.2) is 21.8 Å². The van der Waals surface area contributed by atoms with Gasteiger partial charge >= 0.3 is 0 Å². The predicted octanol–water partition coefficient (Wildman–Crippen LogP) is 3.40. The maximum Gasteiger partial charge on any atom is 0.257 e. The molecule has 1 aliphatic rings. The minimum atomic E-state index is -1.06. The van der Waals surface area contributed by atoms with Crippen molar-refractivity contribution >= 4 is 35.1 Å². The molecule has 0 fully saturated rings. The molecule has 3 N–H and O–H groups in total. The lowest BCUT2D eigenvalue weighted by atomic mass is 9.92. The van der Waals surface area contributed by atoms with Crippen molar-refractivity contribution in [1.82, 2.24) is 9.97 Å². The molecule has 4 rings (SSSR count). The van der Waals surface area contributed by atoms with Gasteiger partial charge in [-0.1, -0.05) is 30.0 Å². The van der Waals surface area contributed by atoms with Gasteiger partial charge in [-0.25, -0.2) is 13.8 Å². The van der Waals surface area contributed by atoms with E-state index in [0.29, 0.717) is 11.3 Å². The number of aromatic amines is 1. The first-order valence-electron chi connectivity index (χ1n) is 9.27. The van der Waals surface area contributed by atoms with Crippen LogP contribution in [0.2, 0.25) is 0 Å². The molecule has 0 saturated heterocycles. The summed E-state index contributed by atoms with van der Waals surface area (Å²) in [6.07, 6.45) is -0.230. The standard InChI is InChI=1S/C21H16F2N4O3S/c22-12-5-7-13(8-6-12)24-19(29)14-9-16(28)25-18-17(14)20(30)27-21(26-18)31-10-11-3-1-2-4-15(11)23/h1-8,14H,9-10H2,(H,24,29)(H2,25,26,27,28,30)/t14-/m1/s1. The largest absolute Gasteiger partial charge is 0.326 e. The van der Waals surface area contributed by atoms with E-state index in [2.05, 4.69) is 20.6 Å². The van der Waals surface area contributed by atoms with Crippen LogP contribution in [0.15, 0.2) is 58.5 Å². The average molecular weight is 442 g/mol. The van der Waals surface area contributed by atoms with Crippen molar-refractivity contribution in [2.24, 2.45) is 0 Å². The minimum Gasteiger partial charge on any atom is -0.326 e. The predicted molar refractivity (Wildman–Crippen MR) is 112 cm³/mol. The molecule has 1 atom stereocenters. The number of aromatic nitrogens is 2. The molecule has 0 bridgehead atoms. The highest BCUT2D eigenvalue weighted by atomic mass is 32.2. The summed E-state index contributed by atoms with van der Waals surface area (Å²) in [7, 11) is 0. The SMILES string of the molecule is O=C1C[C@@H](C(=O)Nc2ccc(F)cc2)c2c(nc(SCc3ccccc3F)[nH]c2=O)N1. The van der Waals surface area contributed by atoms with E-state index in [0.717, 1.165) is 11.8 Å². The minimum absolute atomic E-state index is 0.00436. The molecule has 0 spiro atoms. The third kappa shape index (κ3) is 4.64. The van der Waals surface area contributed by atoms with Crippen LogP contribution in [0.3, 0.4) is 0 Å². The van der Waals surface area contributed by atoms with Crippen molar-refractivity contribution in [3.8, 4) is 0 Å². The summed E-state index contributed by atoms with van der Waals surface area (Å²) >= 11 is 1.10. The van der Waals surface area contributed by atoms with E-state index in [9.17, 15) is 23.2 Å². The van der Waals surface area contributed by atoms with Crippen LogP contribution in [-0.2, 0) is 15.3 Å². The summed E-state index contributed by atoms with van der Waals surface area (Å²) in [5.74, 6) is -2.72. The highest BCUT2D eigenvalue weighted by Crippen LogP contribution is 2.31. The second-order valence-corrected chi connectivity index (χ2v) is 7.78. The molecule has 1 aromatic heterocycles. The summed E-state index contributed by atoms with van der Waals surface area (Å²) in [6, 6.07) is 11.4. The molecule has 1 aliphatic heterocycles. The van der Waals surface area contributed by atoms with Gasteiger partial charge in [0.2, 0.25) is 11.8 Å². The number of nitrogens with zero attached hydrogens (tertiary/aromatic N) is 1. The van der Waals surface area contributed by atoms with Gasteiger partial charge in [-0.15, -0.1) is 0 Å². The van der Waals surface area contributed by atoms with E-state index in [1.807, 2.05) is 0 Å². The molecule has 0 saturated carbocycles. The quantitative estimate of drug-likeness (QED) is 0.415. The number of halogens is 2. The van der Waals surface area contributed by atoms with Gasteiger partial charge in [0.1, 0.15) is 17.5 Å². The summed E-state index contributed by atoms with van der Waals surface area (Å²) in [6.45, 7) is 0. The Hall–Kier alpha value is -3.53. The number of carbonyl (C=O) groups excluding carboxylic acids is 2. The highest BCUT2D eigenvalue weighted by molar-refractivity contribution is 7.98. The first-order valence-corrected chi connectivity index (χ1v) is 10.3. The lowest BCUT2D eigenvalue weighted by Gasteiger charge is -2.23. The Balaban J connectivity index is 1.58. The number of fused-ring (bicyclic) bond motifs is 1. The second kappa shape index (κ2) is 8.68. The Morgan fingerprint density at radius 1 is 1.13 bits per heavy atom. The van der Waals surface area contributed by atoms with Crippen molar-refractivity contribution in [3.63, 3.8) is 0 Å². The zero-order chi connectivity index (χ0) is 22.0. The van der Waals surface area contributed by atoms with Gasteiger partial charge in [0.25, 0.3) is 5.56 Å². The molecular weight excluding hydrogens is 426 g/mol. The summed E-state index contributed by atoms with van der Waals surface area (Å²) in [5.41, 5.74) is 0.239. The van der Waals surface area contributed by atoms with Crippen LogP contribution in [0.1, 0.15) is 23.5 Å². The maximum absolute atomic E-state index is 13.8. The molecule has 0 aliphatic carbocycles. The van der Waals surface area contributed by atoms with Crippen LogP contribution in [0.5, 0.6) is 0 Å². The molecular formula is C21H16F2N4O3S. The van der Waals surface area contributed by atoms with Crippen molar-refractivity contribution in [1.29, 1.82) is 0 Å². The monoisotopic (exact) mass is 442 g/mol. The number of thioether (sulfide) groups is 1. The Labute approximate surface area is 179 Å². The van der Waals surface area contributed by atoms with E-state index in [1.54, 1.807) is 18.2 Å². The lowest BCUT2D eigenvalue weighted by molar-refractivity contribution is -0.123. The van der Waals surface area contributed by atoms with Gasteiger partial charge in [-0.05, 0) is 35.9 Å². The van der Waals surface area contributed by atoms with Crippen LogP contribution >= 0.6 is 11.8 Å². The van der Waals surface area contributed by atoms with Gasteiger partial charge in [-0.2, -0.15) is 0 Å². The molecule has 10 heteroatoms. The number of nitrogens with one attached hydrogen (secondary N) is 3. The smallest absolute Gasteiger partial charge is 0.257 e. The number of benzene rings is 2. The van der Waals surface area contributed by atoms with Gasteiger partial charge in [0.05, 0.1) is 11.5 Å². The van der Waals surface area contributed by atoms with Crippen molar-refractivity contribution in [2.75, 3.05) is 10.6 Å². The maximum atomic E-state index is 13.8. The molecule has 158 valence electrons. The first kappa shape index (κ1) is 20.7. The Bertz CT molecular complexity index is 1210. The molecule has 3 aromatic rings. The highest BCUT2D eigenvalue weighted by Gasteiger charge is 2.34. The zero-order valence-electron chi connectivity index (χ0n) is 15.9. The molecule has 2 amide bonds. The molecule has 7 nitrogen and oxygen atoms in total. The lowest BCUT2D eigenvalue weighted by Crippen LogP contribution is -2.36. The fourth-order valence-electron chi connectivity index (χ4n) is 3.17.